The molecule has 0 radical (unpaired) electrons. The zero-order chi connectivity index (χ0) is 17.0. The molecule has 0 N–H and O–H groups in total. The average Bonchev–Trinajstić information content (AvgIpc) is 2.73. The summed E-state index contributed by atoms with van der Waals surface area (Å²) >= 11 is 4.82. The fraction of sp³-hybridized carbons (Fsp3) is 0.647. The number of ketones is 1. The fourth-order valence-electron chi connectivity index (χ4n) is 2.72. The Bertz CT molecular complexity index is 564. The van der Waals surface area contributed by atoms with E-state index in [1.807, 2.05) is 32.2 Å². The van der Waals surface area contributed by atoms with Crippen LogP contribution in [-0.4, -0.2) is 35.0 Å². The Labute approximate surface area is 150 Å². The van der Waals surface area contributed by atoms with Gasteiger partial charge in [0.15, 0.2) is 5.78 Å². The van der Waals surface area contributed by atoms with Gasteiger partial charge in [-0.3, -0.25) is 4.79 Å². The molecule has 1 aromatic heterocycles. The van der Waals surface area contributed by atoms with Crippen molar-refractivity contribution in [3.05, 3.63) is 20.8 Å². The van der Waals surface area contributed by atoms with Crippen molar-refractivity contribution in [2.45, 2.75) is 64.5 Å². The largest absolute Gasteiger partial charge is 0.444 e. The van der Waals surface area contributed by atoms with E-state index in [9.17, 15) is 9.59 Å². The molecule has 1 amide bonds. The van der Waals surface area contributed by atoms with Crippen molar-refractivity contribution in [2.24, 2.45) is 0 Å². The second-order valence-electron chi connectivity index (χ2n) is 6.93. The smallest absolute Gasteiger partial charge is 0.410 e. The Hall–Kier alpha value is -0.880. The lowest BCUT2D eigenvalue weighted by molar-refractivity contribution is 0.0162. The molecule has 0 bridgehead atoms. The highest BCUT2D eigenvalue weighted by Gasteiger charge is 2.31. The van der Waals surface area contributed by atoms with Crippen molar-refractivity contribution in [1.82, 2.24) is 4.90 Å². The molecule has 23 heavy (non-hydrogen) atoms. The van der Waals surface area contributed by atoms with Crippen LogP contribution in [-0.2, 0) is 4.74 Å². The third-order valence-electron chi connectivity index (χ3n) is 3.77. The van der Waals surface area contributed by atoms with Crippen LogP contribution in [0.4, 0.5) is 4.79 Å². The summed E-state index contributed by atoms with van der Waals surface area (Å²) in [6.07, 6.45) is 4.03. The second kappa shape index (κ2) is 7.79. The number of thiophene rings is 1. The van der Waals surface area contributed by atoms with E-state index >= 15 is 0 Å². The van der Waals surface area contributed by atoms with E-state index in [1.54, 1.807) is 4.90 Å². The summed E-state index contributed by atoms with van der Waals surface area (Å²) in [5.41, 5.74) is -0.517. The average molecular weight is 402 g/mol. The third kappa shape index (κ3) is 5.60. The summed E-state index contributed by atoms with van der Waals surface area (Å²) in [5.74, 6) is 0.0983. The van der Waals surface area contributed by atoms with Gasteiger partial charge in [-0.2, -0.15) is 0 Å². The number of ether oxygens (including phenoxy) is 1. The number of rotatable bonds is 3. The molecule has 1 saturated heterocycles. The minimum Gasteiger partial charge on any atom is -0.444 e. The Morgan fingerprint density at radius 3 is 2.70 bits per heavy atom. The van der Waals surface area contributed by atoms with Crippen LogP contribution in [0.15, 0.2) is 15.9 Å². The molecule has 1 fully saturated rings. The first-order chi connectivity index (χ1) is 10.8. The fourth-order valence-corrected chi connectivity index (χ4v) is 4.10. The lowest BCUT2D eigenvalue weighted by Crippen LogP contribution is -2.44. The van der Waals surface area contributed by atoms with E-state index in [-0.39, 0.29) is 17.9 Å². The molecule has 1 atom stereocenters. The first-order valence-electron chi connectivity index (χ1n) is 8.03. The summed E-state index contributed by atoms with van der Waals surface area (Å²) in [6.45, 7) is 6.27. The van der Waals surface area contributed by atoms with Crippen LogP contribution < -0.4 is 0 Å². The number of nitrogens with zero attached hydrogens (tertiary/aromatic N) is 1. The molecule has 0 aromatic carbocycles. The van der Waals surface area contributed by atoms with Gasteiger partial charge in [0.2, 0.25) is 0 Å². The molecule has 128 valence electrons. The first kappa shape index (κ1) is 18.5. The van der Waals surface area contributed by atoms with Gasteiger partial charge in [-0.15, -0.1) is 11.3 Å². The van der Waals surface area contributed by atoms with E-state index in [0.717, 1.165) is 35.0 Å². The number of likely N-dealkylation sites (tertiary alicyclic amines) is 1. The Morgan fingerprint density at radius 1 is 1.35 bits per heavy atom. The minimum absolute atomic E-state index is 0.0688. The summed E-state index contributed by atoms with van der Waals surface area (Å²) in [6, 6.07) is 1.78. The molecule has 1 unspecified atom stereocenters. The highest BCUT2D eigenvalue weighted by atomic mass is 79.9. The molecule has 0 saturated carbocycles. The zero-order valence-corrected chi connectivity index (χ0v) is 16.3. The van der Waals surface area contributed by atoms with Gasteiger partial charge in [-0.1, -0.05) is 12.8 Å². The minimum atomic E-state index is -0.517. The zero-order valence-electron chi connectivity index (χ0n) is 13.9. The van der Waals surface area contributed by atoms with E-state index in [0.29, 0.717) is 13.0 Å². The number of halogens is 1. The van der Waals surface area contributed by atoms with E-state index in [4.69, 9.17) is 4.74 Å². The number of Topliss-reactive ketones (excluding diaryl/α,β-unsaturated/α-hetero) is 1. The highest BCUT2D eigenvalue weighted by Crippen LogP contribution is 2.26. The molecule has 0 spiro atoms. The first-order valence-corrected chi connectivity index (χ1v) is 9.70. The predicted molar refractivity (Wildman–Crippen MR) is 96.2 cm³/mol. The monoisotopic (exact) mass is 401 g/mol. The molecular weight excluding hydrogens is 378 g/mol. The van der Waals surface area contributed by atoms with Crippen molar-refractivity contribution in [2.75, 3.05) is 6.54 Å². The van der Waals surface area contributed by atoms with E-state index in [1.165, 1.54) is 11.3 Å². The SMILES string of the molecule is CC(C)(C)OC(=O)N1CCCCCC1CC(=O)c1cc(Br)cs1. The molecule has 4 nitrogen and oxygen atoms in total. The molecular formula is C17H24BrNO3S. The maximum Gasteiger partial charge on any atom is 0.410 e. The Kier molecular flexibility index (Phi) is 6.26. The van der Waals surface area contributed by atoms with Gasteiger partial charge < -0.3 is 9.64 Å². The van der Waals surface area contributed by atoms with Crippen molar-refractivity contribution < 1.29 is 14.3 Å². The standard InChI is InChI=1S/C17H24BrNO3S/c1-17(2,3)22-16(21)19-8-6-4-5-7-13(19)10-14(20)15-9-12(18)11-23-15/h9,11,13H,4-8,10H2,1-3H3. The van der Waals surface area contributed by atoms with Crippen molar-refractivity contribution in [3.63, 3.8) is 0 Å². The summed E-state index contributed by atoms with van der Waals surface area (Å²) in [4.78, 5) is 27.5. The van der Waals surface area contributed by atoms with Crippen LogP contribution in [0, 0.1) is 0 Å². The third-order valence-corrected chi connectivity index (χ3v) is 5.50. The Morgan fingerprint density at radius 2 is 2.09 bits per heavy atom. The van der Waals surface area contributed by atoms with Crippen LogP contribution in [0.1, 0.15) is 62.5 Å². The van der Waals surface area contributed by atoms with Crippen molar-refractivity contribution in [3.8, 4) is 0 Å². The molecule has 1 aliphatic rings. The van der Waals surface area contributed by atoms with Crippen LogP contribution in [0.25, 0.3) is 0 Å². The maximum atomic E-state index is 12.5. The van der Waals surface area contributed by atoms with Gasteiger partial charge in [0.1, 0.15) is 5.60 Å². The van der Waals surface area contributed by atoms with Crippen LogP contribution >= 0.6 is 27.3 Å². The lowest BCUT2D eigenvalue weighted by Gasteiger charge is -2.32. The van der Waals surface area contributed by atoms with Crippen LogP contribution in [0.3, 0.4) is 0 Å². The number of carbonyl (C=O) groups is 2. The van der Waals surface area contributed by atoms with Gasteiger partial charge in [0.25, 0.3) is 0 Å². The molecule has 1 aliphatic heterocycles. The normalized spacial score (nSPS) is 19.3. The number of hydrogen-bond donors (Lipinski definition) is 0. The molecule has 1 aromatic rings. The van der Waals surface area contributed by atoms with Gasteiger partial charge in [0.05, 0.1) is 4.88 Å². The topological polar surface area (TPSA) is 46.6 Å². The van der Waals surface area contributed by atoms with Crippen molar-refractivity contribution in [1.29, 1.82) is 0 Å². The number of amides is 1. The highest BCUT2D eigenvalue weighted by molar-refractivity contribution is 9.10. The Balaban J connectivity index is 2.08. The quantitative estimate of drug-likeness (QED) is 0.648. The summed E-state index contributed by atoms with van der Waals surface area (Å²) < 4.78 is 6.45. The van der Waals surface area contributed by atoms with Gasteiger partial charge in [0, 0.05) is 28.9 Å². The van der Waals surface area contributed by atoms with Gasteiger partial charge >= 0.3 is 6.09 Å². The maximum absolute atomic E-state index is 12.5. The lowest BCUT2D eigenvalue weighted by atomic mass is 10.0. The van der Waals surface area contributed by atoms with Crippen LogP contribution in [0.2, 0.25) is 0 Å². The number of carbonyl (C=O) groups excluding carboxylic acids is 2. The van der Waals surface area contributed by atoms with Gasteiger partial charge in [-0.25, -0.2) is 4.79 Å². The summed E-state index contributed by atoms with van der Waals surface area (Å²) in [7, 11) is 0. The molecule has 0 aliphatic carbocycles. The number of hydrogen-bond acceptors (Lipinski definition) is 4. The van der Waals surface area contributed by atoms with E-state index in [2.05, 4.69) is 15.9 Å². The predicted octanol–water partition coefficient (Wildman–Crippen LogP) is 5.26. The van der Waals surface area contributed by atoms with Crippen LogP contribution in [0.5, 0.6) is 0 Å². The molecule has 6 heteroatoms. The second-order valence-corrected chi connectivity index (χ2v) is 8.76. The van der Waals surface area contributed by atoms with E-state index < -0.39 is 5.60 Å². The van der Waals surface area contributed by atoms with Gasteiger partial charge in [-0.05, 0) is 55.6 Å². The van der Waals surface area contributed by atoms with Crippen molar-refractivity contribution >= 4 is 39.1 Å². The molecule has 2 heterocycles. The molecule has 2 rings (SSSR count). The summed E-state index contributed by atoms with van der Waals surface area (Å²) in [5, 5.41) is 1.91.